The maximum atomic E-state index is 5.87. The zero-order chi connectivity index (χ0) is 17.0. The topological polar surface area (TPSA) is 60.0 Å². The molecule has 124 valence electrons. The van der Waals surface area contributed by atoms with E-state index in [0.29, 0.717) is 18.4 Å². The summed E-state index contributed by atoms with van der Waals surface area (Å²) in [5.74, 6) is 0.780. The molecule has 0 aliphatic rings. The Morgan fingerprint density at radius 1 is 1.12 bits per heavy atom. The van der Waals surface area contributed by atoms with Gasteiger partial charge in [0, 0.05) is 5.75 Å². The first-order valence-corrected chi connectivity index (χ1v) is 8.57. The largest absolute Gasteiger partial charge is 0.377 e. The van der Waals surface area contributed by atoms with Crippen LogP contribution in [-0.4, -0.2) is 18.0 Å². The van der Waals surface area contributed by atoms with Crippen LogP contribution in [0.2, 0.25) is 0 Å². The number of benzene rings is 2. The fourth-order valence-electron chi connectivity index (χ4n) is 1.94. The molecule has 2 N–H and O–H groups in total. The highest BCUT2D eigenvalue weighted by Crippen LogP contribution is 2.11. The van der Waals surface area contributed by atoms with Crippen LogP contribution in [0.5, 0.6) is 0 Å². The molecule has 0 spiro atoms. The second-order valence-corrected chi connectivity index (χ2v) is 6.00. The van der Waals surface area contributed by atoms with Gasteiger partial charge in [-0.2, -0.15) is 5.10 Å². The van der Waals surface area contributed by atoms with Gasteiger partial charge in [0.25, 0.3) is 0 Å². The predicted molar refractivity (Wildman–Crippen MR) is 103 cm³/mol. The first-order chi connectivity index (χ1) is 11.8. The minimum Gasteiger partial charge on any atom is -0.377 e. The lowest BCUT2D eigenvalue weighted by molar-refractivity contribution is 0.149. The van der Waals surface area contributed by atoms with Gasteiger partial charge in [-0.25, -0.2) is 0 Å². The van der Waals surface area contributed by atoms with Crippen molar-refractivity contribution in [1.82, 2.24) is 0 Å². The summed E-state index contributed by atoms with van der Waals surface area (Å²) in [6, 6.07) is 18.1. The molecule has 0 aromatic heterocycles. The van der Waals surface area contributed by atoms with Crippen molar-refractivity contribution in [2.45, 2.75) is 12.4 Å². The van der Waals surface area contributed by atoms with Gasteiger partial charge in [0.2, 0.25) is 0 Å². The molecule has 0 fully saturated rings. The number of hydrogen-bond donors (Lipinski definition) is 1. The lowest BCUT2D eigenvalue weighted by Crippen LogP contribution is -2.06. The molecule has 4 nitrogen and oxygen atoms in total. The Balaban J connectivity index is 1.85. The average Bonchev–Trinajstić information content (AvgIpc) is 2.61. The van der Waals surface area contributed by atoms with Crippen LogP contribution in [0, 0.1) is 0 Å². The Hall–Kier alpha value is -2.37. The third kappa shape index (κ3) is 6.81. The number of rotatable bonds is 8. The first kappa shape index (κ1) is 18.0. The number of nitrogens with zero attached hydrogens (tertiary/aromatic N) is 2. The Morgan fingerprint density at radius 2 is 1.92 bits per heavy atom. The van der Waals surface area contributed by atoms with E-state index in [1.54, 1.807) is 12.3 Å². The van der Waals surface area contributed by atoms with E-state index < -0.39 is 0 Å². The van der Waals surface area contributed by atoms with Crippen molar-refractivity contribution >= 4 is 23.1 Å². The van der Waals surface area contributed by atoms with Gasteiger partial charge in [0.1, 0.15) is 0 Å². The van der Waals surface area contributed by atoms with E-state index in [9.17, 15) is 0 Å². The second-order valence-electron chi connectivity index (χ2n) is 5.01. The number of nitrogens with two attached hydrogens (primary N) is 1. The first-order valence-electron chi connectivity index (χ1n) is 7.58. The predicted octanol–water partition coefficient (Wildman–Crippen LogP) is 3.97. The molecular formula is C19H21N3OS. The third-order valence-corrected chi connectivity index (χ3v) is 3.90. The molecule has 2 aromatic carbocycles. The molecule has 0 amide bonds. The van der Waals surface area contributed by atoms with E-state index >= 15 is 0 Å². The van der Waals surface area contributed by atoms with Crippen LogP contribution in [0.3, 0.4) is 0 Å². The van der Waals surface area contributed by atoms with Crippen LogP contribution in [0.1, 0.15) is 16.7 Å². The van der Waals surface area contributed by atoms with Gasteiger partial charge in [0.15, 0.2) is 5.17 Å². The highest BCUT2D eigenvalue weighted by atomic mass is 32.2. The molecule has 0 aliphatic carbocycles. The van der Waals surface area contributed by atoms with Gasteiger partial charge in [-0.1, -0.05) is 66.4 Å². The van der Waals surface area contributed by atoms with E-state index in [1.165, 1.54) is 17.3 Å². The molecule has 0 saturated carbocycles. The van der Waals surface area contributed by atoms with Crippen molar-refractivity contribution < 1.29 is 4.74 Å². The molecule has 5 heteroatoms. The molecule has 2 aromatic rings. The lowest BCUT2D eigenvalue weighted by atomic mass is 10.1. The summed E-state index contributed by atoms with van der Waals surface area (Å²) in [5.41, 5.74) is 9.11. The van der Waals surface area contributed by atoms with Crippen LogP contribution in [0.15, 0.2) is 77.5 Å². The van der Waals surface area contributed by atoms with Gasteiger partial charge in [-0.3, -0.25) is 0 Å². The summed E-state index contributed by atoms with van der Waals surface area (Å²) in [7, 11) is 0. The molecule has 0 bridgehead atoms. The maximum absolute atomic E-state index is 5.87. The summed E-state index contributed by atoms with van der Waals surface area (Å²) in [4.78, 5) is 0. The zero-order valence-electron chi connectivity index (χ0n) is 13.5. The van der Waals surface area contributed by atoms with Gasteiger partial charge in [-0.15, -0.1) is 11.7 Å². The van der Waals surface area contributed by atoms with Crippen LogP contribution >= 0.6 is 11.8 Å². The number of thioether (sulfide) groups is 1. The van der Waals surface area contributed by atoms with E-state index in [1.807, 2.05) is 42.5 Å². The summed E-state index contributed by atoms with van der Waals surface area (Å²) in [6.45, 7) is 4.71. The van der Waals surface area contributed by atoms with E-state index in [4.69, 9.17) is 10.5 Å². The molecule has 2 rings (SSSR count). The Morgan fingerprint density at radius 3 is 2.71 bits per heavy atom. The molecule has 0 aliphatic heterocycles. The van der Waals surface area contributed by atoms with Crippen molar-refractivity contribution in [3.05, 3.63) is 83.9 Å². The summed E-state index contributed by atoms with van der Waals surface area (Å²) < 4.78 is 5.43. The normalized spacial score (nSPS) is 11.8. The Bertz CT molecular complexity index is 699. The standard InChI is InChI=1S/C19H21N3OS/c1-2-11-23-14-18-10-6-9-17(12-18)13-21-22-19(20)24-15-16-7-4-3-5-8-16/h2-10,12-13H,1,11,14-15H2,(H2,20,22). The monoisotopic (exact) mass is 339 g/mol. The molecule has 0 unspecified atom stereocenters. The maximum Gasteiger partial charge on any atom is 0.180 e. The fourth-order valence-corrected chi connectivity index (χ4v) is 2.55. The van der Waals surface area contributed by atoms with Crippen molar-refractivity contribution in [2.75, 3.05) is 6.61 Å². The Kier molecular flexibility index (Phi) is 7.80. The van der Waals surface area contributed by atoms with Crippen molar-refractivity contribution in [3.8, 4) is 0 Å². The Labute approximate surface area is 147 Å². The highest BCUT2D eigenvalue weighted by molar-refractivity contribution is 8.13. The molecule has 0 radical (unpaired) electrons. The summed E-state index contributed by atoms with van der Waals surface area (Å²) in [5, 5.41) is 8.52. The molecule has 24 heavy (non-hydrogen) atoms. The molecule has 0 saturated heterocycles. The van der Waals surface area contributed by atoms with Gasteiger partial charge in [0.05, 0.1) is 19.4 Å². The number of ether oxygens (including phenoxy) is 1. The van der Waals surface area contributed by atoms with Gasteiger partial charge >= 0.3 is 0 Å². The number of hydrogen-bond acceptors (Lipinski definition) is 4. The minimum atomic E-state index is 0.445. The third-order valence-electron chi connectivity index (χ3n) is 3.05. The highest BCUT2D eigenvalue weighted by Gasteiger charge is 1.96. The van der Waals surface area contributed by atoms with E-state index in [2.05, 4.69) is 28.9 Å². The van der Waals surface area contributed by atoms with Crippen LogP contribution < -0.4 is 5.73 Å². The van der Waals surface area contributed by atoms with Crippen molar-refractivity contribution in [2.24, 2.45) is 15.9 Å². The smallest absolute Gasteiger partial charge is 0.180 e. The molecule has 0 heterocycles. The lowest BCUT2D eigenvalue weighted by Gasteiger charge is -2.02. The van der Waals surface area contributed by atoms with Crippen molar-refractivity contribution in [1.29, 1.82) is 0 Å². The van der Waals surface area contributed by atoms with Gasteiger partial charge in [-0.05, 0) is 22.8 Å². The van der Waals surface area contributed by atoms with E-state index in [0.717, 1.165) is 16.9 Å². The van der Waals surface area contributed by atoms with Crippen molar-refractivity contribution in [3.63, 3.8) is 0 Å². The quantitative estimate of drug-likeness (QED) is 0.260. The minimum absolute atomic E-state index is 0.445. The van der Waals surface area contributed by atoms with E-state index in [-0.39, 0.29) is 0 Å². The molecule has 0 atom stereocenters. The fraction of sp³-hybridized carbons (Fsp3) is 0.158. The average molecular weight is 339 g/mol. The van der Waals surface area contributed by atoms with Crippen LogP contribution in [0.4, 0.5) is 0 Å². The SMILES string of the molecule is C=CCOCc1cccc(C=NN=C(N)SCc2ccccc2)c1. The van der Waals surface area contributed by atoms with Crippen LogP contribution in [-0.2, 0) is 17.1 Å². The number of amidine groups is 1. The van der Waals surface area contributed by atoms with Crippen LogP contribution in [0.25, 0.3) is 0 Å². The zero-order valence-corrected chi connectivity index (χ0v) is 14.3. The summed E-state index contributed by atoms with van der Waals surface area (Å²) >= 11 is 1.47. The molecular weight excluding hydrogens is 318 g/mol. The second kappa shape index (κ2) is 10.4. The van der Waals surface area contributed by atoms with Gasteiger partial charge < -0.3 is 10.5 Å². The summed E-state index contributed by atoms with van der Waals surface area (Å²) in [6.07, 6.45) is 3.42.